The van der Waals surface area contributed by atoms with Crippen molar-refractivity contribution >= 4 is 11.9 Å². The predicted octanol–water partition coefficient (Wildman–Crippen LogP) is 1.25. The average Bonchev–Trinajstić information content (AvgIpc) is 2.47. The van der Waals surface area contributed by atoms with Gasteiger partial charge in [-0.1, -0.05) is 6.92 Å². The Kier molecular flexibility index (Phi) is 2.67. The molecule has 1 N–H and O–H groups in total. The van der Waals surface area contributed by atoms with E-state index in [0.717, 1.165) is 12.8 Å². The third kappa shape index (κ3) is 1.73. The van der Waals surface area contributed by atoms with Crippen LogP contribution >= 0.6 is 0 Å². The molecule has 15 heavy (non-hydrogen) atoms. The van der Waals surface area contributed by atoms with Crippen molar-refractivity contribution < 1.29 is 14.7 Å². The molecule has 0 aliphatic carbocycles. The van der Waals surface area contributed by atoms with Crippen molar-refractivity contribution in [3.63, 3.8) is 0 Å². The molecular formula is C11H17NO3. The zero-order chi connectivity index (χ0) is 11.0. The Labute approximate surface area is 89.3 Å². The van der Waals surface area contributed by atoms with Crippen LogP contribution in [-0.4, -0.2) is 34.0 Å². The van der Waals surface area contributed by atoms with Gasteiger partial charge in [-0.15, -0.1) is 0 Å². The first-order valence-electron chi connectivity index (χ1n) is 5.67. The SMILES string of the molecule is CCC(=O)N1C2CCC1CC(C(=O)O)C2. The highest BCUT2D eigenvalue weighted by atomic mass is 16.4. The summed E-state index contributed by atoms with van der Waals surface area (Å²) in [6, 6.07) is 0.384. The Balaban J connectivity index is 2.10. The van der Waals surface area contributed by atoms with Crippen molar-refractivity contribution in [2.75, 3.05) is 0 Å². The number of fused-ring (bicyclic) bond motifs is 2. The minimum atomic E-state index is -0.699. The van der Waals surface area contributed by atoms with Gasteiger partial charge in [0.25, 0.3) is 0 Å². The van der Waals surface area contributed by atoms with Crippen LogP contribution < -0.4 is 0 Å². The summed E-state index contributed by atoms with van der Waals surface area (Å²) in [5.41, 5.74) is 0. The minimum Gasteiger partial charge on any atom is -0.481 e. The smallest absolute Gasteiger partial charge is 0.306 e. The first-order chi connectivity index (χ1) is 7.13. The Morgan fingerprint density at radius 2 is 1.80 bits per heavy atom. The van der Waals surface area contributed by atoms with Gasteiger partial charge in [0, 0.05) is 18.5 Å². The van der Waals surface area contributed by atoms with Crippen molar-refractivity contribution in [2.45, 2.75) is 51.1 Å². The minimum absolute atomic E-state index is 0.186. The summed E-state index contributed by atoms with van der Waals surface area (Å²) in [4.78, 5) is 24.5. The summed E-state index contributed by atoms with van der Waals surface area (Å²) in [6.45, 7) is 1.87. The fourth-order valence-corrected chi connectivity index (χ4v) is 2.97. The highest BCUT2D eigenvalue weighted by Gasteiger charge is 2.44. The van der Waals surface area contributed by atoms with E-state index in [2.05, 4.69) is 0 Å². The molecule has 0 aromatic heterocycles. The lowest BCUT2D eigenvalue weighted by molar-refractivity contribution is -0.148. The first kappa shape index (κ1) is 10.5. The van der Waals surface area contributed by atoms with Gasteiger partial charge in [0.1, 0.15) is 0 Å². The normalized spacial score (nSPS) is 34.2. The lowest BCUT2D eigenvalue weighted by Gasteiger charge is -2.37. The molecule has 2 rings (SSSR count). The van der Waals surface area contributed by atoms with Crippen LogP contribution in [0.1, 0.15) is 39.0 Å². The summed E-state index contributed by atoms with van der Waals surface area (Å²) < 4.78 is 0. The number of rotatable bonds is 2. The number of piperidine rings is 1. The quantitative estimate of drug-likeness (QED) is 0.747. The molecule has 2 aliphatic rings. The van der Waals surface area contributed by atoms with Gasteiger partial charge in [0.2, 0.25) is 5.91 Å². The molecule has 4 nitrogen and oxygen atoms in total. The third-order valence-electron chi connectivity index (χ3n) is 3.67. The van der Waals surface area contributed by atoms with Crippen molar-refractivity contribution in [3.8, 4) is 0 Å². The number of hydrogen-bond donors (Lipinski definition) is 1. The number of amides is 1. The van der Waals surface area contributed by atoms with Crippen molar-refractivity contribution in [1.82, 2.24) is 4.90 Å². The number of aliphatic carboxylic acids is 1. The Morgan fingerprint density at radius 1 is 1.27 bits per heavy atom. The molecule has 0 radical (unpaired) electrons. The number of carbonyl (C=O) groups excluding carboxylic acids is 1. The van der Waals surface area contributed by atoms with Gasteiger partial charge in [-0.2, -0.15) is 0 Å². The number of hydrogen-bond acceptors (Lipinski definition) is 2. The topological polar surface area (TPSA) is 57.6 Å². The molecular weight excluding hydrogens is 194 g/mol. The van der Waals surface area contributed by atoms with Crippen LogP contribution in [0.15, 0.2) is 0 Å². The van der Waals surface area contributed by atoms with Gasteiger partial charge in [0.15, 0.2) is 0 Å². The second-order valence-electron chi connectivity index (χ2n) is 4.55. The molecule has 0 spiro atoms. The molecule has 84 valence electrons. The van der Waals surface area contributed by atoms with E-state index in [4.69, 9.17) is 5.11 Å². The van der Waals surface area contributed by atoms with Gasteiger partial charge in [-0.05, 0) is 25.7 Å². The molecule has 2 bridgehead atoms. The van der Waals surface area contributed by atoms with Gasteiger partial charge in [-0.3, -0.25) is 9.59 Å². The molecule has 0 saturated carbocycles. The summed E-state index contributed by atoms with van der Waals surface area (Å²) in [6.07, 6.45) is 3.81. The van der Waals surface area contributed by atoms with E-state index in [1.165, 1.54) is 0 Å². The van der Waals surface area contributed by atoms with Crippen LogP contribution in [0.3, 0.4) is 0 Å². The maximum atomic E-state index is 11.7. The maximum Gasteiger partial charge on any atom is 0.306 e. The molecule has 2 unspecified atom stereocenters. The molecule has 0 aromatic rings. The van der Waals surface area contributed by atoms with Gasteiger partial charge in [-0.25, -0.2) is 0 Å². The molecule has 4 heteroatoms. The van der Waals surface area contributed by atoms with Gasteiger partial charge in [0.05, 0.1) is 5.92 Å². The Morgan fingerprint density at radius 3 is 2.20 bits per heavy atom. The lowest BCUT2D eigenvalue weighted by Crippen LogP contribution is -2.47. The molecule has 2 saturated heterocycles. The van der Waals surface area contributed by atoms with E-state index < -0.39 is 5.97 Å². The predicted molar refractivity (Wildman–Crippen MR) is 54.3 cm³/mol. The van der Waals surface area contributed by atoms with E-state index in [-0.39, 0.29) is 23.9 Å². The number of carbonyl (C=O) groups is 2. The average molecular weight is 211 g/mol. The van der Waals surface area contributed by atoms with Crippen LogP contribution in [-0.2, 0) is 9.59 Å². The number of carboxylic acid groups (broad SMARTS) is 1. The van der Waals surface area contributed by atoms with Crippen LogP contribution in [0.4, 0.5) is 0 Å². The van der Waals surface area contributed by atoms with Crippen LogP contribution in [0.25, 0.3) is 0 Å². The van der Waals surface area contributed by atoms with Gasteiger partial charge >= 0.3 is 5.97 Å². The van der Waals surface area contributed by atoms with E-state index >= 15 is 0 Å². The van der Waals surface area contributed by atoms with Crippen LogP contribution in [0.5, 0.6) is 0 Å². The lowest BCUT2D eigenvalue weighted by atomic mass is 9.90. The number of carboxylic acids is 1. The van der Waals surface area contributed by atoms with Crippen molar-refractivity contribution in [3.05, 3.63) is 0 Å². The highest BCUT2D eigenvalue weighted by molar-refractivity contribution is 5.78. The second-order valence-corrected chi connectivity index (χ2v) is 4.55. The van der Waals surface area contributed by atoms with Gasteiger partial charge < -0.3 is 10.0 Å². The first-order valence-corrected chi connectivity index (χ1v) is 5.67. The van der Waals surface area contributed by atoms with Crippen LogP contribution in [0, 0.1) is 5.92 Å². The fraction of sp³-hybridized carbons (Fsp3) is 0.818. The standard InChI is InChI=1S/C11H17NO3/c1-2-10(13)12-8-3-4-9(12)6-7(5-8)11(14)15/h7-9H,2-6H2,1H3,(H,14,15). The molecule has 2 aliphatic heterocycles. The second kappa shape index (κ2) is 3.83. The van der Waals surface area contributed by atoms with E-state index in [1.54, 1.807) is 0 Å². The Bertz CT molecular complexity index is 276. The monoisotopic (exact) mass is 211 g/mol. The largest absolute Gasteiger partial charge is 0.481 e. The van der Waals surface area contributed by atoms with Crippen LogP contribution in [0.2, 0.25) is 0 Å². The summed E-state index contributed by atoms with van der Waals surface area (Å²) in [5, 5.41) is 8.98. The maximum absolute atomic E-state index is 11.7. The molecule has 2 atom stereocenters. The Hall–Kier alpha value is -1.06. The zero-order valence-corrected chi connectivity index (χ0v) is 8.98. The molecule has 2 fully saturated rings. The van der Waals surface area contributed by atoms with E-state index in [9.17, 15) is 9.59 Å². The fourth-order valence-electron chi connectivity index (χ4n) is 2.97. The summed E-state index contributed by atoms with van der Waals surface area (Å²) in [7, 11) is 0. The molecule has 2 heterocycles. The van der Waals surface area contributed by atoms with E-state index in [0.29, 0.717) is 19.3 Å². The molecule has 0 aromatic carbocycles. The number of nitrogens with zero attached hydrogens (tertiary/aromatic N) is 1. The van der Waals surface area contributed by atoms with E-state index in [1.807, 2.05) is 11.8 Å². The molecule has 1 amide bonds. The zero-order valence-electron chi connectivity index (χ0n) is 8.98. The summed E-state index contributed by atoms with van der Waals surface area (Å²) >= 11 is 0. The summed E-state index contributed by atoms with van der Waals surface area (Å²) in [5.74, 6) is -0.745. The van der Waals surface area contributed by atoms with Crippen molar-refractivity contribution in [1.29, 1.82) is 0 Å². The third-order valence-corrected chi connectivity index (χ3v) is 3.67. The van der Waals surface area contributed by atoms with Crippen molar-refractivity contribution in [2.24, 2.45) is 5.92 Å². The highest BCUT2D eigenvalue weighted by Crippen LogP contribution is 2.38.